The molecule has 0 bridgehead atoms. The van der Waals surface area contributed by atoms with Crippen LogP contribution in [0.15, 0.2) is 24.3 Å². The van der Waals surface area contributed by atoms with Crippen molar-refractivity contribution < 1.29 is 14.3 Å². The molecule has 0 aliphatic carbocycles. The van der Waals surface area contributed by atoms with Gasteiger partial charge in [0.05, 0.1) is 6.61 Å². The number of amides is 2. The van der Waals surface area contributed by atoms with Gasteiger partial charge in [0.1, 0.15) is 5.75 Å². The van der Waals surface area contributed by atoms with Gasteiger partial charge in [0.2, 0.25) is 11.8 Å². The van der Waals surface area contributed by atoms with Crippen molar-refractivity contribution >= 4 is 11.8 Å². The minimum atomic E-state index is -0.365. The van der Waals surface area contributed by atoms with Crippen molar-refractivity contribution in [2.24, 2.45) is 5.73 Å². The SMILES string of the molecule is CCCOc1ccc(C(N)CN2C(=O)CCCC2=O)cc1. The molecule has 2 rings (SSSR count). The number of imide groups is 1. The van der Waals surface area contributed by atoms with Crippen LogP contribution in [0, 0.1) is 0 Å². The van der Waals surface area contributed by atoms with Crippen molar-refractivity contribution in [3.63, 3.8) is 0 Å². The normalized spacial score (nSPS) is 17.0. The van der Waals surface area contributed by atoms with Crippen molar-refractivity contribution in [3.8, 4) is 5.75 Å². The highest BCUT2D eigenvalue weighted by molar-refractivity contribution is 5.97. The molecule has 1 atom stereocenters. The molecule has 0 spiro atoms. The Bertz CT molecular complexity index is 483. The molecule has 1 unspecified atom stereocenters. The van der Waals surface area contributed by atoms with Crippen LogP contribution in [0.3, 0.4) is 0 Å². The van der Waals surface area contributed by atoms with Crippen LogP contribution in [0.1, 0.15) is 44.2 Å². The molecule has 5 nitrogen and oxygen atoms in total. The summed E-state index contributed by atoms with van der Waals surface area (Å²) in [4.78, 5) is 24.8. The number of carbonyl (C=O) groups excluding carboxylic acids is 2. The zero-order valence-electron chi connectivity index (χ0n) is 12.4. The summed E-state index contributed by atoms with van der Waals surface area (Å²) in [5, 5.41) is 0. The molecule has 0 saturated carbocycles. The van der Waals surface area contributed by atoms with Crippen molar-refractivity contribution in [2.45, 2.75) is 38.6 Å². The fourth-order valence-corrected chi connectivity index (χ4v) is 2.34. The molecule has 0 radical (unpaired) electrons. The van der Waals surface area contributed by atoms with E-state index >= 15 is 0 Å². The van der Waals surface area contributed by atoms with E-state index in [1.165, 1.54) is 4.90 Å². The second-order valence-corrected chi connectivity index (χ2v) is 5.28. The molecule has 1 aromatic rings. The molecule has 0 aromatic heterocycles. The molecule has 1 aliphatic rings. The number of ether oxygens (including phenoxy) is 1. The lowest BCUT2D eigenvalue weighted by Gasteiger charge is -2.27. The Morgan fingerprint density at radius 2 is 1.81 bits per heavy atom. The van der Waals surface area contributed by atoms with Crippen LogP contribution in [0.4, 0.5) is 0 Å². The number of carbonyl (C=O) groups is 2. The van der Waals surface area contributed by atoms with Gasteiger partial charge < -0.3 is 10.5 Å². The first-order valence-electron chi connectivity index (χ1n) is 7.43. The molecular weight excluding hydrogens is 268 g/mol. The monoisotopic (exact) mass is 290 g/mol. The Morgan fingerprint density at radius 3 is 2.38 bits per heavy atom. The highest BCUT2D eigenvalue weighted by Crippen LogP contribution is 2.20. The van der Waals surface area contributed by atoms with E-state index < -0.39 is 0 Å². The summed E-state index contributed by atoms with van der Waals surface area (Å²) in [5.41, 5.74) is 7.01. The van der Waals surface area contributed by atoms with Crippen LogP contribution in [-0.4, -0.2) is 29.9 Å². The molecule has 114 valence electrons. The Labute approximate surface area is 125 Å². The van der Waals surface area contributed by atoms with Gasteiger partial charge in [-0.3, -0.25) is 14.5 Å². The molecular formula is C16H22N2O3. The number of piperidine rings is 1. The minimum absolute atomic E-state index is 0.121. The van der Waals surface area contributed by atoms with Gasteiger partial charge in [0.15, 0.2) is 0 Å². The molecule has 2 N–H and O–H groups in total. The second-order valence-electron chi connectivity index (χ2n) is 5.28. The van der Waals surface area contributed by atoms with E-state index in [1.807, 2.05) is 24.3 Å². The maximum absolute atomic E-state index is 11.8. The number of nitrogens with two attached hydrogens (primary N) is 1. The average Bonchev–Trinajstić information content (AvgIpc) is 2.49. The summed E-state index contributed by atoms with van der Waals surface area (Å²) in [5.74, 6) is 0.562. The number of nitrogens with zero attached hydrogens (tertiary/aromatic N) is 1. The van der Waals surface area contributed by atoms with Crippen LogP contribution in [-0.2, 0) is 9.59 Å². The summed E-state index contributed by atoms with van der Waals surface area (Å²) < 4.78 is 5.51. The zero-order chi connectivity index (χ0) is 15.2. The summed E-state index contributed by atoms with van der Waals surface area (Å²) in [6.07, 6.45) is 2.47. The standard InChI is InChI=1S/C16H22N2O3/c1-2-10-21-13-8-6-12(7-9-13)14(17)11-18-15(19)4-3-5-16(18)20/h6-9,14H,2-5,10-11,17H2,1H3. The lowest BCUT2D eigenvalue weighted by Crippen LogP contribution is -2.43. The lowest BCUT2D eigenvalue weighted by molar-refractivity contribution is -0.148. The third kappa shape index (κ3) is 4.04. The van der Waals surface area contributed by atoms with E-state index in [0.717, 1.165) is 17.7 Å². The minimum Gasteiger partial charge on any atom is -0.494 e. The molecule has 1 fully saturated rings. The Hall–Kier alpha value is -1.88. The van der Waals surface area contributed by atoms with E-state index in [0.29, 0.717) is 25.9 Å². The third-order valence-electron chi connectivity index (χ3n) is 3.54. The van der Waals surface area contributed by atoms with Crippen LogP contribution in [0.2, 0.25) is 0 Å². The molecule has 21 heavy (non-hydrogen) atoms. The van der Waals surface area contributed by atoms with Gasteiger partial charge in [-0.1, -0.05) is 19.1 Å². The van der Waals surface area contributed by atoms with Gasteiger partial charge in [-0.15, -0.1) is 0 Å². The zero-order valence-corrected chi connectivity index (χ0v) is 12.4. The second kappa shape index (κ2) is 7.22. The lowest BCUT2D eigenvalue weighted by atomic mass is 10.0. The predicted molar refractivity (Wildman–Crippen MR) is 79.7 cm³/mol. The molecule has 1 saturated heterocycles. The first-order valence-corrected chi connectivity index (χ1v) is 7.43. The van der Waals surface area contributed by atoms with Crippen molar-refractivity contribution in [1.29, 1.82) is 0 Å². The summed E-state index contributed by atoms with van der Waals surface area (Å²) >= 11 is 0. The molecule has 1 heterocycles. The summed E-state index contributed by atoms with van der Waals surface area (Å²) in [7, 11) is 0. The van der Waals surface area contributed by atoms with Gasteiger partial charge >= 0.3 is 0 Å². The van der Waals surface area contributed by atoms with Crippen molar-refractivity contribution in [1.82, 2.24) is 4.90 Å². The van der Waals surface area contributed by atoms with Gasteiger partial charge in [-0.05, 0) is 30.5 Å². The fourth-order valence-electron chi connectivity index (χ4n) is 2.34. The fraction of sp³-hybridized carbons (Fsp3) is 0.500. The van der Waals surface area contributed by atoms with E-state index in [-0.39, 0.29) is 24.4 Å². The average molecular weight is 290 g/mol. The highest BCUT2D eigenvalue weighted by Gasteiger charge is 2.27. The third-order valence-corrected chi connectivity index (χ3v) is 3.54. The highest BCUT2D eigenvalue weighted by atomic mass is 16.5. The van der Waals surface area contributed by atoms with Gasteiger partial charge in [-0.25, -0.2) is 0 Å². The number of hydrogen-bond acceptors (Lipinski definition) is 4. The van der Waals surface area contributed by atoms with Crippen molar-refractivity contribution in [2.75, 3.05) is 13.2 Å². The predicted octanol–water partition coefficient (Wildman–Crippen LogP) is 2.01. The number of likely N-dealkylation sites (tertiary alicyclic amines) is 1. The molecule has 1 aliphatic heterocycles. The quantitative estimate of drug-likeness (QED) is 0.813. The Balaban J connectivity index is 1.97. The topological polar surface area (TPSA) is 72.6 Å². The number of hydrogen-bond donors (Lipinski definition) is 1. The van der Waals surface area contributed by atoms with Crippen LogP contribution in [0.5, 0.6) is 5.75 Å². The first-order chi connectivity index (χ1) is 10.1. The smallest absolute Gasteiger partial charge is 0.229 e. The van der Waals surface area contributed by atoms with Crippen molar-refractivity contribution in [3.05, 3.63) is 29.8 Å². The number of benzene rings is 1. The van der Waals surface area contributed by atoms with E-state index in [4.69, 9.17) is 10.5 Å². The largest absolute Gasteiger partial charge is 0.494 e. The van der Waals surface area contributed by atoms with Crippen LogP contribution < -0.4 is 10.5 Å². The van der Waals surface area contributed by atoms with Gasteiger partial charge in [-0.2, -0.15) is 0 Å². The molecule has 2 amide bonds. The first kappa shape index (κ1) is 15.5. The molecule has 5 heteroatoms. The summed E-state index contributed by atoms with van der Waals surface area (Å²) in [6, 6.07) is 7.13. The maximum Gasteiger partial charge on any atom is 0.229 e. The van der Waals surface area contributed by atoms with Gasteiger partial charge in [0, 0.05) is 25.4 Å². The maximum atomic E-state index is 11.8. The van der Waals surface area contributed by atoms with Crippen LogP contribution >= 0.6 is 0 Å². The van der Waals surface area contributed by atoms with Crippen LogP contribution in [0.25, 0.3) is 0 Å². The van der Waals surface area contributed by atoms with E-state index in [2.05, 4.69) is 6.92 Å². The number of rotatable bonds is 6. The summed E-state index contributed by atoms with van der Waals surface area (Å²) in [6.45, 7) is 2.98. The molecule has 1 aromatic carbocycles. The Kier molecular flexibility index (Phi) is 5.33. The van der Waals surface area contributed by atoms with E-state index in [9.17, 15) is 9.59 Å². The van der Waals surface area contributed by atoms with Gasteiger partial charge in [0.25, 0.3) is 0 Å². The Morgan fingerprint density at radius 1 is 1.19 bits per heavy atom. The van der Waals surface area contributed by atoms with E-state index in [1.54, 1.807) is 0 Å².